The van der Waals surface area contributed by atoms with Crippen LogP contribution in [0.1, 0.15) is 18.5 Å². The van der Waals surface area contributed by atoms with Gasteiger partial charge >= 0.3 is 0 Å². The van der Waals surface area contributed by atoms with Gasteiger partial charge in [-0.25, -0.2) is 0 Å². The molecule has 3 nitrogen and oxygen atoms in total. The summed E-state index contributed by atoms with van der Waals surface area (Å²) in [6, 6.07) is 14.6. The summed E-state index contributed by atoms with van der Waals surface area (Å²) in [7, 11) is 5.32. The molecule has 0 amide bonds. The molecule has 3 heteroatoms. The van der Waals surface area contributed by atoms with Crippen LogP contribution in [0.4, 0.5) is 0 Å². The fraction of sp³-hybridized carbons (Fsp3) is 0.294. The third-order valence-corrected chi connectivity index (χ3v) is 3.54. The predicted molar refractivity (Wildman–Crippen MR) is 82.5 cm³/mol. The average molecular weight is 271 g/mol. The molecule has 1 unspecified atom stereocenters. The summed E-state index contributed by atoms with van der Waals surface area (Å²) >= 11 is 0. The van der Waals surface area contributed by atoms with Crippen LogP contribution in [0.15, 0.2) is 42.5 Å². The third-order valence-electron chi connectivity index (χ3n) is 3.54. The summed E-state index contributed by atoms with van der Waals surface area (Å²) in [4.78, 5) is 0. The van der Waals surface area contributed by atoms with Gasteiger partial charge < -0.3 is 14.8 Å². The Labute approximate surface area is 120 Å². The lowest BCUT2D eigenvalue weighted by Crippen LogP contribution is -2.12. The molecular weight excluding hydrogens is 250 g/mol. The zero-order valence-electron chi connectivity index (χ0n) is 12.4. The highest BCUT2D eigenvalue weighted by molar-refractivity contribution is 5.72. The van der Waals surface area contributed by atoms with Gasteiger partial charge in [0.05, 0.1) is 14.2 Å². The van der Waals surface area contributed by atoms with Crippen LogP contribution in [0.5, 0.6) is 11.5 Å². The number of methoxy groups -OCH3 is 2. The molecule has 2 aromatic carbocycles. The molecule has 0 aromatic heterocycles. The molecule has 0 spiro atoms. The highest BCUT2D eigenvalue weighted by Gasteiger charge is 2.10. The van der Waals surface area contributed by atoms with Crippen molar-refractivity contribution >= 4 is 0 Å². The van der Waals surface area contributed by atoms with Gasteiger partial charge in [-0.3, -0.25) is 0 Å². The summed E-state index contributed by atoms with van der Waals surface area (Å²) in [5.74, 6) is 1.67. The normalized spacial score (nSPS) is 12.0. The first-order valence-electron chi connectivity index (χ1n) is 6.69. The van der Waals surface area contributed by atoms with Crippen molar-refractivity contribution < 1.29 is 9.47 Å². The Balaban J connectivity index is 2.49. The van der Waals surface area contributed by atoms with Crippen molar-refractivity contribution in [2.45, 2.75) is 13.0 Å². The Morgan fingerprint density at radius 3 is 2.45 bits per heavy atom. The van der Waals surface area contributed by atoms with Gasteiger partial charge in [-0.15, -0.1) is 0 Å². The van der Waals surface area contributed by atoms with E-state index in [1.807, 2.05) is 25.2 Å². The third kappa shape index (κ3) is 2.94. The maximum Gasteiger partial charge on any atom is 0.126 e. The van der Waals surface area contributed by atoms with E-state index in [4.69, 9.17) is 9.47 Å². The Morgan fingerprint density at radius 2 is 1.80 bits per heavy atom. The van der Waals surface area contributed by atoms with Gasteiger partial charge in [0, 0.05) is 11.6 Å². The van der Waals surface area contributed by atoms with Gasteiger partial charge in [0.2, 0.25) is 0 Å². The molecule has 0 aliphatic carbocycles. The van der Waals surface area contributed by atoms with Gasteiger partial charge in [0.15, 0.2) is 0 Å². The lowest BCUT2D eigenvalue weighted by molar-refractivity contribution is 0.404. The van der Waals surface area contributed by atoms with Crippen molar-refractivity contribution in [1.29, 1.82) is 0 Å². The molecule has 106 valence electrons. The Kier molecular flexibility index (Phi) is 4.64. The minimum Gasteiger partial charge on any atom is -0.497 e. The van der Waals surface area contributed by atoms with E-state index >= 15 is 0 Å². The molecular formula is C17H21NO2. The molecule has 0 saturated heterocycles. The summed E-state index contributed by atoms with van der Waals surface area (Å²) in [6.45, 7) is 2.14. The topological polar surface area (TPSA) is 30.5 Å². The molecule has 0 aliphatic rings. The van der Waals surface area contributed by atoms with Crippen LogP contribution < -0.4 is 14.8 Å². The highest BCUT2D eigenvalue weighted by Crippen LogP contribution is 2.34. The molecule has 0 bridgehead atoms. The maximum atomic E-state index is 5.45. The van der Waals surface area contributed by atoms with Crippen LogP contribution in [0.2, 0.25) is 0 Å². The Bertz CT molecular complexity index is 581. The number of ether oxygens (including phenoxy) is 2. The smallest absolute Gasteiger partial charge is 0.126 e. The molecule has 20 heavy (non-hydrogen) atoms. The second kappa shape index (κ2) is 6.44. The first-order chi connectivity index (χ1) is 9.69. The summed E-state index contributed by atoms with van der Waals surface area (Å²) in [5.41, 5.74) is 3.41. The number of nitrogens with one attached hydrogen (secondary N) is 1. The fourth-order valence-corrected chi connectivity index (χ4v) is 2.18. The van der Waals surface area contributed by atoms with Crippen LogP contribution in [0.25, 0.3) is 11.1 Å². The average Bonchev–Trinajstić information content (AvgIpc) is 2.53. The zero-order valence-corrected chi connectivity index (χ0v) is 12.4. The van der Waals surface area contributed by atoms with Crippen LogP contribution in [-0.2, 0) is 0 Å². The van der Waals surface area contributed by atoms with Gasteiger partial charge in [-0.05, 0) is 49.4 Å². The second-order valence-electron chi connectivity index (χ2n) is 4.70. The molecule has 0 aliphatic heterocycles. The van der Waals surface area contributed by atoms with E-state index in [9.17, 15) is 0 Å². The van der Waals surface area contributed by atoms with E-state index in [1.54, 1.807) is 14.2 Å². The first-order valence-corrected chi connectivity index (χ1v) is 6.69. The summed E-state index contributed by atoms with van der Waals surface area (Å²) < 4.78 is 10.8. The summed E-state index contributed by atoms with van der Waals surface area (Å²) in [5, 5.41) is 3.26. The van der Waals surface area contributed by atoms with E-state index in [0.717, 1.165) is 22.6 Å². The van der Waals surface area contributed by atoms with Gasteiger partial charge in [-0.1, -0.05) is 18.2 Å². The zero-order chi connectivity index (χ0) is 14.5. The van der Waals surface area contributed by atoms with Crippen molar-refractivity contribution in [3.63, 3.8) is 0 Å². The fourth-order valence-electron chi connectivity index (χ4n) is 2.18. The van der Waals surface area contributed by atoms with Gasteiger partial charge in [-0.2, -0.15) is 0 Å². The van der Waals surface area contributed by atoms with Gasteiger partial charge in [0.1, 0.15) is 11.5 Å². The Hall–Kier alpha value is -2.00. The van der Waals surface area contributed by atoms with E-state index in [-0.39, 0.29) is 0 Å². The molecule has 0 fully saturated rings. The van der Waals surface area contributed by atoms with E-state index in [2.05, 4.69) is 36.5 Å². The number of rotatable bonds is 5. The van der Waals surface area contributed by atoms with Gasteiger partial charge in [0.25, 0.3) is 0 Å². The molecule has 0 heterocycles. The van der Waals surface area contributed by atoms with Crippen LogP contribution >= 0.6 is 0 Å². The van der Waals surface area contributed by atoms with E-state index < -0.39 is 0 Å². The summed E-state index contributed by atoms with van der Waals surface area (Å²) in [6.07, 6.45) is 0. The number of benzene rings is 2. The van der Waals surface area contributed by atoms with Crippen molar-refractivity contribution in [3.05, 3.63) is 48.0 Å². The largest absolute Gasteiger partial charge is 0.497 e. The molecule has 1 atom stereocenters. The van der Waals surface area contributed by atoms with Crippen LogP contribution in [-0.4, -0.2) is 21.3 Å². The van der Waals surface area contributed by atoms with E-state index in [1.165, 1.54) is 5.56 Å². The molecule has 0 radical (unpaired) electrons. The quantitative estimate of drug-likeness (QED) is 0.900. The lowest BCUT2D eigenvalue weighted by Gasteiger charge is -2.14. The second-order valence-corrected chi connectivity index (χ2v) is 4.70. The van der Waals surface area contributed by atoms with Crippen molar-refractivity contribution in [2.24, 2.45) is 0 Å². The molecule has 1 N–H and O–H groups in total. The van der Waals surface area contributed by atoms with E-state index in [0.29, 0.717) is 6.04 Å². The van der Waals surface area contributed by atoms with Crippen LogP contribution in [0, 0.1) is 0 Å². The standard InChI is InChI=1S/C17H21NO2/c1-12(18-2)13-6-5-7-14(10-13)16-11-15(19-3)8-9-17(16)20-4/h5-12,18H,1-4H3. The minimum absolute atomic E-state index is 0.312. The number of hydrogen-bond acceptors (Lipinski definition) is 3. The molecule has 2 aromatic rings. The maximum absolute atomic E-state index is 5.45. The SMILES string of the molecule is CNC(C)c1cccc(-c2cc(OC)ccc2OC)c1. The highest BCUT2D eigenvalue weighted by atomic mass is 16.5. The van der Waals surface area contributed by atoms with Crippen molar-refractivity contribution in [2.75, 3.05) is 21.3 Å². The first kappa shape index (κ1) is 14.4. The Morgan fingerprint density at radius 1 is 1.00 bits per heavy atom. The lowest BCUT2D eigenvalue weighted by atomic mass is 9.99. The molecule has 2 rings (SSSR count). The number of hydrogen-bond donors (Lipinski definition) is 1. The monoisotopic (exact) mass is 271 g/mol. The minimum atomic E-state index is 0.312. The van der Waals surface area contributed by atoms with Crippen LogP contribution in [0.3, 0.4) is 0 Å². The molecule has 0 saturated carbocycles. The van der Waals surface area contributed by atoms with Crippen molar-refractivity contribution in [1.82, 2.24) is 5.32 Å². The van der Waals surface area contributed by atoms with Crippen molar-refractivity contribution in [3.8, 4) is 22.6 Å². The predicted octanol–water partition coefficient (Wildman–Crippen LogP) is 3.65.